The predicted octanol–water partition coefficient (Wildman–Crippen LogP) is 1.77. The normalized spacial score (nSPS) is 16.7. The van der Waals surface area contributed by atoms with Crippen LogP contribution in [0.2, 0.25) is 0 Å². The van der Waals surface area contributed by atoms with Crippen LogP contribution in [-0.2, 0) is 9.59 Å². The highest BCUT2D eigenvalue weighted by Crippen LogP contribution is 2.26. The summed E-state index contributed by atoms with van der Waals surface area (Å²) in [5.74, 6) is -0.751. The van der Waals surface area contributed by atoms with E-state index in [0.717, 1.165) is 13.1 Å². The van der Waals surface area contributed by atoms with E-state index in [-0.39, 0.29) is 6.04 Å². The largest absolute Gasteiger partial charge is 0.348 e. The molecule has 0 aliphatic carbocycles. The van der Waals surface area contributed by atoms with Crippen molar-refractivity contribution in [3.8, 4) is 0 Å². The summed E-state index contributed by atoms with van der Waals surface area (Å²) in [7, 11) is 0. The van der Waals surface area contributed by atoms with E-state index in [9.17, 15) is 9.59 Å². The Kier molecular flexibility index (Phi) is 6.39. The molecule has 1 atom stereocenters. The first-order valence-corrected chi connectivity index (χ1v) is 8.84. The Morgan fingerprint density at radius 1 is 1.18 bits per heavy atom. The Morgan fingerprint density at radius 2 is 1.82 bits per heavy atom. The third-order valence-electron chi connectivity index (χ3n) is 3.84. The first-order chi connectivity index (χ1) is 10.6. The van der Waals surface area contributed by atoms with Gasteiger partial charge in [-0.1, -0.05) is 13.8 Å². The standard InChI is InChI=1S/C16H25N3O2S/c1-12(2)9-17-15(20)16(21)18-10-14(13-5-8-22-11-13)19-6-3-4-7-19/h5,8,11-12,14H,3-4,6-7,9-10H2,1-2H3,(H,17,20)(H,18,21)/t14-/m0/s1. The number of carbonyl (C=O) groups excluding carboxylic acids is 2. The number of likely N-dealkylation sites (tertiary alicyclic amines) is 1. The SMILES string of the molecule is CC(C)CNC(=O)C(=O)NC[C@@H](c1ccsc1)N1CCCC1. The lowest BCUT2D eigenvalue weighted by molar-refractivity contribution is -0.139. The van der Waals surface area contributed by atoms with Gasteiger partial charge in [-0.2, -0.15) is 11.3 Å². The Labute approximate surface area is 136 Å². The zero-order chi connectivity index (χ0) is 15.9. The van der Waals surface area contributed by atoms with Crippen LogP contribution < -0.4 is 10.6 Å². The zero-order valence-electron chi connectivity index (χ0n) is 13.3. The summed E-state index contributed by atoms with van der Waals surface area (Å²) in [6.07, 6.45) is 2.40. The summed E-state index contributed by atoms with van der Waals surface area (Å²) in [5, 5.41) is 9.60. The van der Waals surface area contributed by atoms with Gasteiger partial charge >= 0.3 is 11.8 Å². The molecule has 0 bridgehead atoms. The van der Waals surface area contributed by atoms with Crippen LogP contribution >= 0.6 is 11.3 Å². The predicted molar refractivity (Wildman–Crippen MR) is 88.7 cm³/mol. The van der Waals surface area contributed by atoms with Crippen molar-refractivity contribution in [1.82, 2.24) is 15.5 Å². The van der Waals surface area contributed by atoms with Crippen LogP contribution in [0.1, 0.15) is 38.3 Å². The molecular weight excluding hydrogens is 298 g/mol. The number of nitrogens with zero attached hydrogens (tertiary/aromatic N) is 1. The second kappa shape index (κ2) is 8.29. The molecule has 1 aromatic rings. The van der Waals surface area contributed by atoms with Gasteiger partial charge in [-0.25, -0.2) is 0 Å². The van der Waals surface area contributed by atoms with Gasteiger partial charge in [0, 0.05) is 13.1 Å². The van der Waals surface area contributed by atoms with Crippen LogP contribution in [0.25, 0.3) is 0 Å². The van der Waals surface area contributed by atoms with Crippen molar-refractivity contribution in [3.63, 3.8) is 0 Å². The molecule has 2 rings (SSSR count). The van der Waals surface area contributed by atoms with E-state index in [2.05, 4.69) is 32.4 Å². The van der Waals surface area contributed by atoms with Gasteiger partial charge in [0.05, 0.1) is 6.04 Å². The van der Waals surface area contributed by atoms with Crippen molar-refractivity contribution in [3.05, 3.63) is 22.4 Å². The highest BCUT2D eigenvalue weighted by Gasteiger charge is 2.25. The van der Waals surface area contributed by atoms with E-state index >= 15 is 0 Å². The molecule has 22 heavy (non-hydrogen) atoms. The van der Waals surface area contributed by atoms with Gasteiger partial charge in [-0.15, -0.1) is 0 Å². The van der Waals surface area contributed by atoms with Gasteiger partial charge in [-0.3, -0.25) is 14.5 Å². The minimum Gasteiger partial charge on any atom is -0.348 e. The molecule has 1 fully saturated rings. The second-order valence-corrected chi connectivity index (χ2v) is 6.91. The highest BCUT2D eigenvalue weighted by atomic mass is 32.1. The Balaban J connectivity index is 1.88. The van der Waals surface area contributed by atoms with Gasteiger partial charge in [0.1, 0.15) is 0 Å². The molecule has 1 aliphatic rings. The van der Waals surface area contributed by atoms with E-state index < -0.39 is 11.8 Å². The summed E-state index contributed by atoms with van der Waals surface area (Å²) in [6, 6.07) is 2.26. The van der Waals surface area contributed by atoms with Crippen LogP contribution in [0.3, 0.4) is 0 Å². The van der Waals surface area contributed by atoms with E-state index in [1.54, 1.807) is 11.3 Å². The average molecular weight is 323 g/mol. The molecule has 122 valence electrons. The van der Waals surface area contributed by atoms with Crippen molar-refractivity contribution in [1.29, 1.82) is 0 Å². The van der Waals surface area contributed by atoms with Crippen LogP contribution in [0.4, 0.5) is 0 Å². The summed E-state index contributed by atoms with van der Waals surface area (Å²) in [5.41, 5.74) is 1.22. The number of nitrogens with one attached hydrogen (secondary N) is 2. The Bertz CT molecular complexity index is 482. The molecule has 0 aromatic carbocycles. The molecule has 6 heteroatoms. The van der Waals surface area contributed by atoms with Gasteiger partial charge in [-0.05, 0) is 54.2 Å². The fraction of sp³-hybridized carbons (Fsp3) is 0.625. The smallest absolute Gasteiger partial charge is 0.309 e. The molecule has 0 unspecified atom stereocenters. The first kappa shape index (κ1) is 17.0. The van der Waals surface area contributed by atoms with E-state index in [1.165, 1.54) is 18.4 Å². The van der Waals surface area contributed by atoms with Crippen LogP contribution in [-0.4, -0.2) is 42.9 Å². The fourth-order valence-corrected chi connectivity index (χ4v) is 3.33. The molecule has 1 aliphatic heterocycles. The lowest BCUT2D eigenvalue weighted by Gasteiger charge is -2.27. The molecular formula is C16H25N3O2S. The number of hydrogen-bond acceptors (Lipinski definition) is 4. The summed E-state index contributed by atoms with van der Waals surface area (Å²) < 4.78 is 0. The van der Waals surface area contributed by atoms with E-state index in [4.69, 9.17) is 0 Å². The molecule has 2 N–H and O–H groups in total. The average Bonchev–Trinajstić information content (AvgIpc) is 3.18. The molecule has 0 spiro atoms. The van der Waals surface area contributed by atoms with Crippen LogP contribution in [0.5, 0.6) is 0 Å². The van der Waals surface area contributed by atoms with Crippen molar-refractivity contribution in [2.75, 3.05) is 26.2 Å². The molecule has 2 amide bonds. The van der Waals surface area contributed by atoms with Gasteiger partial charge < -0.3 is 10.6 Å². The summed E-state index contributed by atoms with van der Waals surface area (Å²) >= 11 is 1.66. The maximum Gasteiger partial charge on any atom is 0.309 e. The van der Waals surface area contributed by atoms with Crippen LogP contribution in [0.15, 0.2) is 16.8 Å². The number of amides is 2. The minimum absolute atomic E-state index is 0.163. The van der Waals surface area contributed by atoms with Gasteiger partial charge in [0.15, 0.2) is 0 Å². The third kappa shape index (κ3) is 4.81. The van der Waals surface area contributed by atoms with E-state index in [0.29, 0.717) is 19.0 Å². The molecule has 1 aromatic heterocycles. The number of hydrogen-bond donors (Lipinski definition) is 2. The third-order valence-corrected chi connectivity index (χ3v) is 4.54. The summed E-state index contributed by atoms with van der Waals surface area (Å²) in [4.78, 5) is 26.0. The van der Waals surface area contributed by atoms with Crippen molar-refractivity contribution < 1.29 is 9.59 Å². The maximum atomic E-state index is 11.9. The highest BCUT2D eigenvalue weighted by molar-refractivity contribution is 7.07. The van der Waals surface area contributed by atoms with Gasteiger partial charge in [0.25, 0.3) is 0 Å². The molecule has 0 radical (unpaired) electrons. The number of rotatable bonds is 6. The minimum atomic E-state index is -0.542. The van der Waals surface area contributed by atoms with Crippen molar-refractivity contribution >= 4 is 23.2 Å². The molecule has 0 saturated carbocycles. The fourth-order valence-electron chi connectivity index (χ4n) is 2.62. The monoisotopic (exact) mass is 323 g/mol. The lowest BCUT2D eigenvalue weighted by Crippen LogP contribution is -2.44. The topological polar surface area (TPSA) is 61.4 Å². The van der Waals surface area contributed by atoms with Gasteiger partial charge in [0.2, 0.25) is 0 Å². The molecule has 2 heterocycles. The van der Waals surface area contributed by atoms with Crippen LogP contribution in [0, 0.1) is 5.92 Å². The quantitative estimate of drug-likeness (QED) is 0.785. The van der Waals surface area contributed by atoms with E-state index in [1.807, 2.05) is 13.8 Å². The Hall–Kier alpha value is -1.40. The van der Waals surface area contributed by atoms with Crippen molar-refractivity contribution in [2.45, 2.75) is 32.7 Å². The van der Waals surface area contributed by atoms with Crippen molar-refractivity contribution in [2.24, 2.45) is 5.92 Å². The first-order valence-electron chi connectivity index (χ1n) is 7.90. The number of carbonyl (C=O) groups is 2. The number of thiophene rings is 1. The summed E-state index contributed by atoms with van der Waals surface area (Å²) in [6.45, 7) is 7.10. The Morgan fingerprint density at radius 3 is 2.36 bits per heavy atom. The maximum absolute atomic E-state index is 11.9. The molecule has 5 nitrogen and oxygen atoms in total. The zero-order valence-corrected chi connectivity index (χ0v) is 14.1. The lowest BCUT2D eigenvalue weighted by atomic mass is 10.1. The molecule has 1 saturated heterocycles. The second-order valence-electron chi connectivity index (χ2n) is 6.13.